The summed E-state index contributed by atoms with van der Waals surface area (Å²) in [6, 6.07) is 5.40. The van der Waals surface area contributed by atoms with Gasteiger partial charge in [-0.2, -0.15) is 0 Å². The van der Waals surface area contributed by atoms with Crippen LogP contribution < -0.4 is 5.32 Å². The number of hydrogen-bond acceptors (Lipinski definition) is 3. The highest BCUT2D eigenvalue weighted by atomic mass is 79.9. The van der Waals surface area contributed by atoms with Gasteiger partial charge in [0.25, 0.3) is 0 Å². The molecule has 3 nitrogen and oxygen atoms in total. The van der Waals surface area contributed by atoms with E-state index in [2.05, 4.69) is 27.8 Å². The molecule has 0 radical (unpaired) electrons. The molecule has 0 aromatic heterocycles. The monoisotopic (exact) mass is 345 g/mol. The number of rotatable bonds is 6. The average Bonchev–Trinajstić information content (AvgIpc) is 2.36. The first-order valence-corrected chi connectivity index (χ1v) is 7.11. The number of nitrogens with one attached hydrogen (secondary N) is 1. The number of halogens is 2. The van der Waals surface area contributed by atoms with Crippen LogP contribution in [0.4, 0.5) is 0 Å². The molecule has 0 aliphatic heterocycles. The van der Waals surface area contributed by atoms with Crippen LogP contribution in [0.3, 0.4) is 0 Å². The molecule has 0 aliphatic carbocycles. The molecule has 0 heterocycles. The molecule has 1 rings (SSSR count). The lowest BCUT2D eigenvalue weighted by Crippen LogP contribution is -2.48. The van der Waals surface area contributed by atoms with Gasteiger partial charge in [-0.05, 0) is 26.0 Å². The van der Waals surface area contributed by atoms with Crippen molar-refractivity contribution in [1.82, 2.24) is 5.32 Å². The molecule has 0 amide bonds. The normalized spacial score (nSPS) is 13.7. The highest BCUT2D eigenvalue weighted by Crippen LogP contribution is 2.31. The number of benzene rings is 1. The minimum absolute atomic E-state index is 0.318. The van der Waals surface area contributed by atoms with E-state index in [1.54, 1.807) is 32.1 Å². The lowest BCUT2D eigenvalue weighted by atomic mass is 9.92. The van der Waals surface area contributed by atoms with E-state index in [-0.39, 0.29) is 5.97 Å². The topological polar surface area (TPSA) is 38.3 Å². The molecule has 0 bridgehead atoms. The Morgan fingerprint density at radius 3 is 2.84 bits per heavy atom. The summed E-state index contributed by atoms with van der Waals surface area (Å²) in [4.78, 5) is 12.2. The van der Waals surface area contributed by atoms with Crippen LogP contribution in [-0.4, -0.2) is 19.1 Å². The molecule has 5 heteroatoms. The van der Waals surface area contributed by atoms with E-state index < -0.39 is 5.54 Å². The minimum atomic E-state index is -0.998. The number of esters is 1. The Bertz CT molecular complexity index is 479. The van der Waals surface area contributed by atoms with Gasteiger partial charge in [0.2, 0.25) is 0 Å². The van der Waals surface area contributed by atoms with Gasteiger partial charge in [-0.1, -0.05) is 39.7 Å². The molecule has 1 aromatic rings. The smallest absolute Gasteiger partial charge is 0.330 e. The van der Waals surface area contributed by atoms with E-state index in [0.29, 0.717) is 23.7 Å². The van der Waals surface area contributed by atoms with E-state index in [0.717, 1.165) is 4.47 Å². The van der Waals surface area contributed by atoms with Gasteiger partial charge in [0.1, 0.15) is 5.54 Å². The molecule has 104 valence electrons. The SMILES string of the molecule is C=CCNC(C)(C(=O)OCC)c1ccc(Br)cc1Cl. The summed E-state index contributed by atoms with van der Waals surface area (Å²) in [5, 5.41) is 3.62. The fourth-order valence-corrected chi connectivity index (χ4v) is 2.59. The van der Waals surface area contributed by atoms with Gasteiger partial charge >= 0.3 is 5.97 Å². The second-order valence-electron chi connectivity index (χ2n) is 4.14. The third-order valence-electron chi connectivity index (χ3n) is 2.75. The van der Waals surface area contributed by atoms with Crippen molar-refractivity contribution in [2.45, 2.75) is 19.4 Å². The van der Waals surface area contributed by atoms with Crippen LogP contribution in [0.1, 0.15) is 19.4 Å². The van der Waals surface area contributed by atoms with E-state index in [1.165, 1.54) is 0 Å². The van der Waals surface area contributed by atoms with Gasteiger partial charge in [-0.3, -0.25) is 5.32 Å². The zero-order chi connectivity index (χ0) is 14.5. The molecule has 0 fully saturated rings. The molecule has 0 saturated carbocycles. The van der Waals surface area contributed by atoms with Crippen LogP contribution in [0.5, 0.6) is 0 Å². The number of carbonyl (C=O) groups is 1. The Morgan fingerprint density at radius 1 is 1.63 bits per heavy atom. The lowest BCUT2D eigenvalue weighted by Gasteiger charge is -2.29. The Morgan fingerprint density at radius 2 is 2.32 bits per heavy atom. The zero-order valence-electron chi connectivity index (χ0n) is 11.0. The first kappa shape index (κ1) is 16.2. The van der Waals surface area contributed by atoms with Gasteiger partial charge in [-0.15, -0.1) is 6.58 Å². The highest BCUT2D eigenvalue weighted by Gasteiger charge is 2.37. The van der Waals surface area contributed by atoms with Crippen LogP contribution in [0, 0.1) is 0 Å². The van der Waals surface area contributed by atoms with Gasteiger partial charge in [0.15, 0.2) is 0 Å². The maximum Gasteiger partial charge on any atom is 0.330 e. The summed E-state index contributed by atoms with van der Waals surface area (Å²) in [6.45, 7) is 7.96. The molecule has 0 aliphatic rings. The average molecular weight is 347 g/mol. The molecule has 0 spiro atoms. The van der Waals surface area contributed by atoms with Crippen molar-refractivity contribution in [2.75, 3.05) is 13.2 Å². The van der Waals surface area contributed by atoms with Gasteiger partial charge in [0, 0.05) is 21.6 Å². The molecule has 0 saturated heterocycles. The first-order valence-electron chi connectivity index (χ1n) is 5.94. The fraction of sp³-hybridized carbons (Fsp3) is 0.357. The third-order valence-corrected chi connectivity index (χ3v) is 3.56. The lowest BCUT2D eigenvalue weighted by molar-refractivity contribution is -0.150. The predicted octanol–water partition coefficient (Wildman–Crippen LogP) is 3.66. The van der Waals surface area contributed by atoms with Gasteiger partial charge in [-0.25, -0.2) is 4.79 Å². The zero-order valence-corrected chi connectivity index (χ0v) is 13.3. The molecule has 19 heavy (non-hydrogen) atoms. The summed E-state index contributed by atoms with van der Waals surface area (Å²) < 4.78 is 6.00. The van der Waals surface area contributed by atoms with Crippen LogP contribution in [0.25, 0.3) is 0 Å². The van der Waals surface area contributed by atoms with E-state index in [4.69, 9.17) is 16.3 Å². The summed E-state index contributed by atoms with van der Waals surface area (Å²) >= 11 is 9.58. The fourth-order valence-electron chi connectivity index (χ4n) is 1.72. The van der Waals surface area contributed by atoms with Gasteiger partial charge < -0.3 is 4.74 Å². The molecule has 1 unspecified atom stereocenters. The predicted molar refractivity (Wildman–Crippen MR) is 81.3 cm³/mol. The van der Waals surface area contributed by atoms with Crippen molar-refractivity contribution < 1.29 is 9.53 Å². The van der Waals surface area contributed by atoms with Crippen molar-refractivity contribution in [2.24, 2.45) is 0 Å². The Kier molecular flexibility index (Phi) is 6.04. The van der Waals surface area contributed by atoms with Crippen LogP contribution in [0.15, 0.2) is 35.3 Å². The maximum atomic E-state index is 12.2. The molecular formula is C14H17BrClNO2. The minimum Gasteiger partial charge on any atom is -0.464 e. The third kappa shape index (κ3) is 3.81. The summed E-state index contributed by atoms with van der Waals surface area (Å²) in [5.74, 6) is -0.360. The second kappa shape index (κ2) is 7.08. The largest absolute Gasteiger partial charge is 0.464 e. The molecule has 1 N–H and O–H groups in total. The quantitative estimate of drug-likeness (QED) is 0.631. The van der Waals surface area contributed by atoms with Crippen molar-refractivity contribution in [3.05, 3.63) is 45.9 Å². The Labute approximate surface area is 127 Å². The second-order valence-corrected chi connectivity index (χ2v) is 5.46. The molecule has 1 aromatic carbocycles. The number of hydrogen-bond donors (Lipinski definition) is 1. The number of ether oxygens (including phenoxy) is 1. The Hall–Kier alpha value is -0.840. The van der Waals surface area contributed by atoms with Gasteiger partial charge in [0.05, 0.1) is 6.61 Å². The maximum absolute atomic E-state index is 12.2. The van der Waals surface area contributed by atoms with Crippen molar-refractivity contribution in [3.8, 4) is 0 Å². The Balaban J connectivity index is 3.21. The standard InChI is InChI=1S/C14H17BrClNO2/c1-4-8-17-14(3,13(18)19-5-2)11-7-6-10(15)9-12(11)16/h4,6-7,9,17H,1,5,8H2,2-3H3. The van der Waals surface area contributed by atoms with Crippen molar-refractivity contribution in [3.63, 3.8) is 0 Å². The summed E-state index contributed by atoms with van der Waals surface area (Å²) in [7, 11) is 0. The van der Waals surface area contributed by atoms with Crippen molar-refractivity contribution in [1.29, 1.82) is 0 Å². The molecule has 1 atom stereocenters. The van der Waals surface area contributed by atoms with Crippen molar-refractivity contribution >= 4 is 33.5 Å². The highest BCUT2D eigenvalue weighted by molar-refractivity contribution is 9.10. The summed E-state index contributed by atoms with van der Waals surface area (Å²) in [5.41, 5.74) is -0.320. The van der Waals surface area contributed by atoms with Crippen LogP contribution in [-0.2, 0) is 15.1 Å². The van der Waals surface area contributed by atoms with Crippen LogP contribution in [0.2, 0.25) is 5.02 Å². The molecular weight excluding hydrogens is 330 g/mol. The van der Waals surface area contributed by atoms with E-state index >= 15 is 0 Å². The van der Waals surface area contributed by atoms with Crippen LogP contribution >= 0.6 is 27.5 Å². The number of carbonyl (C=O) groups excluding carboxylic acids is 1. The van der Waals surface area contributed by atoms with E-state index in [9.17, 15) is 4.79 Å². The summed E-state index contributed by atoms with van der Waals surface area (Å²) in [6.07, 6.45) is 1.68. The first-order chi connectivity index (χ1) is 8.95. The van der Waals surface area contributed by atoms with E-state index in [1.807, 2.05) is 6.07 Å².